The number of anilines is 2. The van der Waals surface area contributed by atoms with Crippen LogP contribution in [0, 0.1) is 0 Å². The molecule has 0 saturated carbocycles. The maximum atomic E-state index is 12.8. The van der Waals surface area contributed by atoms with E-state index < -0.39 is 10.7 Å². The molecule has 2 aromatic carbocycles. The normalized spacial score (nSPS) is 18.8. The molecule has 0 aromatic heterocycles. The SMILES string of the molecule is COc1ccc(NC(=O)C2(C)Sc3ccccc3NC2=O)cc1OC. The topological polar surface area (TPSA) is 76.7 Å². The van der Waals surface area contributed by atoms with Gasteiger partial charge in [-0.25, -0.2) is 0 Å². The molecule has 2 amide bonds. The van der Waals surface area contributed by atoms with Gasteiger partial charge in [0.1, 0.15) is 0 Å². The molecule has 1 heterocycles. The summed E-state index contributed by atoms with van der Waals surface area (Å²) in [5.74, 6) is 0.299. The molecule has 1 aliphatic rings. The number of fused-ring (bicyclic) bond motifs is 1. The van der Waals surface area contributed by atoms with E-state index in [1.165, 1.54) is 26.0 Å². The average molecular weight is 358 g/mol. The van der Waals surface area contributed by atoms with Crippen LogP contribution in [0.5, 0.6) is 11.5 Å². The van der Waals surface area contributed by atoms with Crippen LogP contribution in [0.2, 0.25) is 0 Å². The Morgan fingerprint density at radius 2 is 1.84 bits per heavy atom. The molecule has 0 saturated heterocycles. The minimum atomic E-state index is -1.28. The highest BCUT2D eigenvalue weighted by atomic mass is 32.2. The van der Waals surface area contributed by atoms with Crippen LogP contribution in [0.25, 0.3) is 0 Å². The Labute approximate surface area is 149 Å². The Kier molecular flexibility index (Phi) is 4.59. The summed E-state index contributed by atoms with van der Waals surface area (Å²) in [6.45, 7) is 1.61. The summed E-state index contributed by atoms with van der Waals surface area (Å²) in [4.78, 5) is 26.1. The summed E-state index contributed by atoms with van der Waals surface area (Å²) in [6, 6.07) is 12.4. The van der Waals surface area contributed by atoms with Crippen molar-refractivity contribution in [3.8, 4) is 11.5 Å². The average Bonchev–Trinajstić information content (AvgIpc) is 2.62. The summed E-state index contributed by atoms with van der Waals surface area (Å²) in [6.07, 6.45) is 0. The van der Waals surface area contributed by atoms with Crippen molar-refractivity contribution in [3.05, 3.63) is 42.5 Å². The van der Waals surface area contributed by atoms with Gasteiger partial charge < -0.3 is 20.1 Å². The molecule has 25 heavy (non-hydrogen) atoms. The Hall–Kier alpha value is -2.67. The maximum Gasteiger partial charge on any atom is 0.250 e. The lowest BCUT2D eigenvalue weighted by Crippen LogP contribution is -2.49. The molecule has 1 atom stereocenters. The van der Waals surface area contributed by atoms with Crippen LogP contribution in [0.3, 0.4) is 0 Å². The Balaban J connectivity index is 1.84. The summed E-state index contributed by atoms with van der Waals surface area (Å²) < 4.78 is 9.14. The molecule has 130 valence electrons. The van der Waals surface area contributed by atoms with Crippen LogP contribution in [-0.2, 0) is 9.59 Å². The monoisotopic (exact) mass is 358 g/mol. The third kappa shape index (κ3) is 3.15. The third-order valence-corrected chi connectivity index (χ3v) is 5.31. The minimum absolute atomic E-state index is 0.353. The summed E-state index contributed by atoms with van der Waals surface area (Å²) >= 11 is 1.23. The summed E-state index contributed by atoms with van der Waals surface area (Å²) in [5, 5.41) is 5.58. The zero-order chi connectivity index (χ0) is 18.0. The maximum absolute atomic E-state index is 12.8. The number of para-hydroxylation sites is 1. The van der Waals surface area contributed by atoms with Gasteiger partial charge in [-0.05, 0) is 31.2 Å². The fraction of sp³-hybridized carbons (Fsp3) is 0.222. The van der Waals surface area contributed by atoms with Crippen LogP contribution >= 0.6 is 11.8 Å². The second-order valence-corrected chi connectivity index (χ2v) is 7.07. The van der Waals surface area contributed by atoms with Gasteiger partial charge in [0.2, 0.25) is 11.8 Å². The van der Waals surface area contributed by atoms with Crippen LogP contribution in [0.1, 0.15) is 6.92 Å². The van der Waals surface area contributed by atoms with Crippen molar-refractivity contribution < 1.29 is 19.1 Å². The molecule has 0 radical (unpaired) electrons. The molecule has 2 N–H and O–H groups in total. The van der Waals surface area contributed by atoms with Crippen molar-refractivity contribution in [2.24, 2.45) is 0 Å². The number of rotatable bonds is 4. The molecule has 7 heteroatoms. The number of thioether (sulfide) groups is 1. The van der Waals surface area contributed by atoms with Crippen LogP contribution in [0.4, 0.5) is 11.4 Å². The zero-order valence-electron chi connectivity index (χ0n) is 14.1. The lowest BCUT2D eigenvalue weighted by Gasteiger charge is -2.31. The van der Waals surface area contributed by atoms with Crippen LogP contribution in [-0.4, -0.2) is 30.8 Å². The van der Waals surface area contributed by atoms with E-state index in [2.05, 4.69) is 10.6 Å². The van der Waals surface area contributed by atoms with Gasteiger partial charge in [-0.2, -0.15) is 0 Å². The van der Waals surface area contributed by atoms with E-state index in [9.17, 15) is 9.59 Å². The van der Waals surface area contributed by atoms with Gasteiger partial charge in [-0.15, -0.1) is 0 Å². The van der Waals surface area contributed by atoms with Gasteiger partial charge >= 0.3 is 0 Å². The standard InChI is InChI=1S/C18H18N2O4S/c1-18(17(22)20-12-6-4-5-7-15(12)25-18)16(21)19-11-8-9-13(23-2)14(10-11)24-3/h4-10H,1-3H3,(H,19,21)(H,20,22). The molecular weight excluding hydrogens is 340 g/mol. The third-order valence-electron chi connectivity index (χ3n) is 3.96. The first-order valence-electron chi connectivity index (χ1n) is 7.61. The first-order chi connectivity index (χ1) is 12.0. The van der Waals surface area contributed by atoms with Gasteiger partial charge in [0.15, 0.2) is 16.2 Å². The number of nitrogens with one attached hydrogen (secondary N) is 2. The predicted octanol–water partition coefficient (Wildman–Crippen LogP) is 3.15. The number of benzene rings is 2. The van der Waals surface area contributed by atoms with Gasteiger partial charge in [0.25, 0.3) is 0 Å². The molecule has 6 nitrogen and oxygen atoms in total. The number of amides is 2. The first kappa shape index (κ1) is 17.2. The number of hydrogen-bond acceptors (Lipinski definition) is 5. The molecule has 0 spiro atoms. The van der Waals surface area contributed by atoms with E-state index in [0.717, 1.165) is 4.90 Å². The summed E-state index contributed by atoms with van der Waals surface area (Å²) in [7, 11) is 3.06. The highest BCUT2D eigenvalue weighted by Crippen LogP contribution is 2.43. The first-order valence-corrected chi connectivity index (χ1v) is 8.42. The molecule has 1 unspecified atom stereocenters. The van der Waals surface area contributed by atoms with Gasteiger partial charge in [-0.1, -0.05) is 23.9 Å². The number of hydrogen-bond donors (Lipinski definition) is 2. The smallest absolute Gasteiger partial charge is 0.250 e. The van der Waals surface area contributed by atoms with E-state index in [-0.39, 0.29) is 5.91 Å². The number of ether oxygens (including phenoxy) is 2. The second-order valence-electron chi connectivity index (χ2n) is 5.61. The van der Waals surface area contributed by atoms with Crippen molar-refractivity contribution in [3.63, 3.8) is 0 Å². The molecular formula is C18H18N2O4S. The van der Waals surface area contributed by atoms with E-state index in [0.29, 0.717) is 22.9 Å². The van der Waals surface area contributed by atoms with Crippen LogP contribution in [0.15, 0.2) is 47.4 Å². The second kappa shape index (κ2) is 6.68. The van der Waals surface area contributed by atoms with E-state index in [4.69, 9.17) is 9.47 Å². The minimum Gasteiger partial charge on any atom is -0.493 e. The number of carbonyl (C=O) groups excluding carboxylic acids is 2. The Bertz CT molecular complexity index is 840. The van der Waals surface area contributed by atoms with E-state index in [1.54, 1.807) is 25.1 Å². The summed E-state index contributed by atoms with van der Waals surface area (Å²) in [5.41, 5.74) is 1.24. The fourth-order valence-electron chi connectivity index (χ4n) is 2.48. The zero-order valence-corrected chi connectivity index (χ0v) is 14.9. The highest BCUT2D eigenvalue weighted by Gasteiger charge is 2.45. The van der Waals surface area contributed by atoms with E-state index >= 15 is 0 Å². The van der Waals surface area contributed by atoms with Gasteiger partial charge in [0.05, 0.1) is 19.9 Å². The number of methoxy groups -OCH3 is 2. The fourth-order valence-corrected chi connectivity index (χ4v) is 3.58. The van der Waals surface area contributed by atoms with Crippen molar-refractivity contribution in [2.45, 2.75) is 16.6 Å². The lowest BCUT2D eigenvalue weighted by atomic mass is 10.1. The van der Waals surface area contributed by atoms with Crippen molar-refractivity contribution in [2.75, 3.05) is 24.9 Å². The van der Waals surface area contributed by atoms with Gasteiger partial charge in [0, 0.05) is 16.6 Å². The lowest BCUT2D eigenvalue weighted by molar-refractivity contribution is -0.126. The van der Waals surface area contributed by atoms with Crippen molar-refractivity contribution >= 4 is 35.0 Å². The Morgan fingerprint density at radius 3 is 2.56 bits per heavy atom. The molecule has 0 bridgehead atoms. The molecule has 0 aliphatic carbocycles. The molecule has 2 aromatic rings. The molecule has 3 rings (SSSR count). The van der Waals surface area contributed by atoms with Gasteiger partial charge in [-0.3, -0.25) is 9.59 Å². The highest BCUT2D eigenvalue weighted by molar-refractivity contribution is 8.02. The van der Waals surface area contributed by atoms with Crippen LogP contribution < -0.4 is 20.1 Å². The van der Waals surface area contributed by atoms with Crippen molar-refractivity contribution in [1.29, 1.82) is 0 Å². The molecule has 0 fully saturated rings. The Morgan fingerprint density at radius 1 is 1.12 bits per heavy atom. The quantitative estimate of drug-likeness (QED) is 0.821. The molecule has 1 aliphatic heterocycles. The number of carbonyl (C=O) groups is 2. The largest absolute Gasteiger partial charge is 0.493 e. The predicted molar refractivity (Wildman–Crippen MR) is 97.5 cm³/mol. The van der Waals surface area contributed by atoms with E-state index in [1.807, 2.05) is 24.3 Å². The van der Waals surface area contributed by atoms with Crippen molar-refractivity contribution in [1.82, 2.24) is 0 Å².